The Balaban J connectivity index is 0.00000133. The Hall–Kier alpha value is -0.580. The number of nitrogens with zero attached hydrogens (tertiary/aromatic N) is 1. The van der Waals surface area contributed by atoms with Gasteiger partial charge >= 0.3 is 0 Å². The Morgan fingerprint density at radius 1 is 1.32 bits per heavy atom. The van der Waals surface area contributed by atoms with Crippen LogP contribution < -0.4 is 5.32 Å². The van der Waals surface area contributed by atoms with Crippen LogP contribution in [0.5, 0.6) is 0 Å². The molecular weight excluding hydrogens is 280 g/mol. The molecule has 1 aromatic rings. The molecule has 0 saturated carbocycles. The van der Waals surface area contributed by atoms with Crippen molar-refractivity contribution in [2.75, 3.05) is 7.05 Å². The number of halogens is 1. The fraction of sp³-hybridized carbons (Fsp3) is 0.643. The zero-order valence-corrected chi connectivity index (χ0v) is 13.0. The zero-order chi connectivity index (χ0) is 12.7. The van der Waals surface area contributed by atoms with Crippen LogP contribution in [0.2, 0.25) is 0 Å². The molecule has 2 aliphatic heterocycles. The van der Waals surface area contributed by atoms with Crippen molar-refractivity contribution in [3.8, 4) is 0 Å². The number of rotatable bonds is 2. The lowest BCUT2D eigenvalue weighted by Gasteiger charge is -2.35. The third-order valence-corrected chi connectivity index (χ3v) is 5.26. The molecule has 3 rings (SSSR count). The number of carbonyl (C=O) groups excluding carboxylic acids is 1. The van der Waals surface area contributed by atoms with Crippen LogP contribution in [-0.2, 0) is 0 Å². The van der Waals surface area contributed by atoms with Crippen molar-refractivity contribution in [3.63, 3.8) is 0 Å². The first-order valence-corrected chi connectivity index (χ1v) is 7.55. The van der Waals surface area contributed by atoms with Gasteiger partial charge in [0, 0.05) is 30.1 Å². The highest BCUT2D eigenvalue weighted by Gasteiger charge is 2.36. The van der Waals surface area contributed by atoms with Gasteiger partial charge in [0.15, 0.2) is 0 Å². The molecule has 2 unspecified atom stereocenters. The van der Waals surface area contributed by atoms with E-state index in [1.807, 2.05) is 31.0 Å². The van der Waals surface area contributed by atoms with Gasteiger partial charge < -0.3 is 10.2 Å². The third-order valence-electron chi connectivity index (χ3n) is 4.27. The molecule has 2 aliphatic rings. The number of hydrogen-bond acceptors (Lipinski definition) is 3. The number of hydrogen-bond donors (Lipinski definition) is 1. The average Bonchev–Trinajstić information content (AvgIpc) is 2.94. The molecule has 2 atom stereocenters. The quantitative estimate of drug-likeness (QED) is 0.911. The second kappa shape index (κ2) is 5.81. The van der Waals surface area contributed by atoms with E-state index in [-0.39, 0.29) is 18.3 Å². The maximum Gasteiger partial charge on any atom is 0.263 e. The minimum atomic E-state index is 0. The van der Waals surface area contributed by atoms with E-state index < -0.39 is 0 Å². The molecule has 0 radical (unpaired) electrons. The predicted molar refractivity (Wildman–Crippen MR) is 81.4 cm³/mol. The molecule has 106 valence electrons. The summed E-state index contributed by atoms with van der Waals surface area (Å²) < 4.78 is 0. The van der Waals surface area contributed by atoms with Crippen molar-refractivity contribution in [2.24, 2.45) is 0 Å². The van der Waals surface area contributed by atoms with E-state index in [1.165, 1.54) is 17.7 Å². The molecular formula is C14H21ClN2OS. The van der Waals surface area contributed by atoms with Crippen LogP contribution in [-0.4, -0.2) is 36.0 Å². The Labute approximate surface area is 124 Å². The minimum absolute atomic E-state index is 0. The first-order chi connectivity index (χ1) is 8.63. The van der Waals surface area contributed by atoms with Crippen molar-refractivity contribution < 1.29 is 4.79 Å². The maximum absolute atomic E-state index is 12.4. The molecule has 1 amide bonds. The molecule has 0 spiro atoms. The summed E-state index contributed by atoms with van der Waals surface area (Å²) in [5.74, 6) is 0.194. The van der Waals surface area contributed by atoms with E-state index in [4.69, 9.17) is 0 Å². The molecule has 2 fully saturated rings. The van der Waals surface area contributed by atoms with Gasteiger partial charge in [0.25, 0.3) is 5.91 Å². The fourth-order valence-electron chi connectivity index (χ4n) is 3.23. The van der Waals surface area contributed by atoms with Crippen LogP contribution in [0, 0.1) is 6.92 Å². The molecule has 1 aromatic heterocycles. The van der Waals surface area contributed by atoms with Gasteiger partial charge in [0.1, 0.15) is 0 Å². The molecule has 0 aromatic carbocycles. The first kappa shape index (κ1) is 14.8. The van der Waals surface area contributed by atoms with Gasteiger partial charge in [0.05, 0.1) is 4.88 Å². The monoisotopic (exact) mass is 300 g/mol. The topological polar surface area (TPSA) is 32.3 Å². The first-order valence-electron chi connectivity index (χ1n) is 6.73. The summed E-state index contributed by atoms with van der Waals surface area (Å²) in [4.78, 5) is 16.5. The maximum atomic E-state index is 12.4. The van der Waals surface area contributed by atoms with Gasteiger partial charge in [-0.3, -0.25) is 4.79 Å². The molecule has 3 nitrogen and oxygen atoms in total. The number of thiophene rings is 1. The second-order valence-electron chi connectivity index (χ2n) is 5.59. The van der Waals surface area contributed by atoms with Crippen molar-refractivity contribution in [1.82, 2.24) is 10.2 Å². The Morgan fingerprint density at radius 3 is 2.47 bits per heavy atom. The number of piperidine rings is 1. The van der Waals surface area contributed by atoms with E-state index in [9.17, 15) is 4.79 Å². The molecule has 3 heterocycles. The highest BCUT2D eigenvalue weighted by Crippen LogP contribution is 2.30. The molecule has 2 saturated heterocycles. The molecule has 1 N–H and O–H groups in total. The number of carbonyl (C=O) groups is 1. The molecule has 19 heavy (non-hydrogen) atoms. The van der Waals surface area contributed by atoms with Gasteiger partial charge in [-0.1, -0.05) is 0 Å². The summed E-state index contributed by atoms with van der Waals surface area (Å²) in [7, 11) is 1.97. The lowest BCUT2D eigenvalue weighted by Crippen LogP contribution is -2.48. The van der Waals surface area contributed by atoms with E-state index in [2.05, 4.69) is 5.32 Å². The van der Waals surface area contributed by atoms with Crippen LogP contribution in [0.3, 0.4) is 0 Å². The average molecular weight is 301 g/mol. The zero-order valence-electron chi connectivity index (χ0n) is 11.4. The minimum Gasteiger partial charge on any atom is -0.338 e. The molecule has 0 aliphatic carbocycles. The van der Waals surface area contributed by atoms with Crippen LogP contribution in [0.1, 0.15) is 40.2 Å². The molecule has 5 heteroatoms. The van der Waals surface area contributed by atoms with Crippen molar-refractivity contribution in [3.05, 3.63) is 21.9 Å². The highest BCUT2D eigenvalue weighted by atomic mass is 35.5. The summed E-state index contributed by atoms with van der Waals surface area (Å²) in [6.45, 7) is 2.05. The van der Waals surface area contributed by atoms with Crippen LogP contribution in [0.15, 0.2) is 12.1 Å². The van der Waals surface area contributed by atoms with Gasteiger partial charge in [-0.15, -0.1) is 23.7 Å². The van der Waals surface area contributed by atoms with Crippen LogP contribution in [0.25, 0.3) is 0 Å². The van der Waals surface area contributed by atoms with Gasteiger partial charge in [-0.05, 0) is 44.7 Å². The SMILES string of the molecule is Cc1ccc(C(=O)N(C)C2CC3CCC(C2)N3)s1.Cl. The molecule has 2 bridgehead atoms. The lowest BCUT2D eigenvalue weighted by atomic mass is 9.98. The summed E-state index contributed by atoms with van der Waals surface area (Å²) >= 11 is 1.60. The van der Waals surface area contributed by atoms with Crippen molar-refractivity contribution >= 4 is 29.7 Å². The Morgan fingerprint density at radius 2 is 1.95 bits per heavy atom. The Kier molecular flexibility index (Phi) is 4.54. The largest absolute Gasteiger partial charge is 0.338 e. The summed E-state index contributed by atoms with van der Waals surface area (Å²) in [5.41, 5.74) is 0. The number of nitrogens with one attached hydrogen (secondary N) is 1. The predicted octanol–water partition coefficient (Wildman–Crippen LogP) is 2.83. The Bertz CT molecular complexity index is 450. The highest BCUT2D eigenvalue weighted by molar-refractivity contribution is 7.13. The van der Waals surface area contributed by atoms with Gasteiger partial charge in [-0.25, -0.2) is 0 Å². The third kappa shape index (κ3) is 2.96. The number of aryl methyl sites for hydroxylation is 1. The number of fused-ring (bicyclic) bond motifs is 2. The normalized spacial score (nSPS) is 28.8. The summed E-state index contributed by atoms with van der Waals surface area (Å²) in [6, 6.07) is 5.66. The fourth-order valence-corrected chi connectivity index (χ4v) is 4.08. The van der Waals surface area contributed by atoms with E-state index in [0.29, 0.717) is 18.1 Å². The van der Waals surface area contributed by atoms with E-state index >= 15 is 0 Å². The van der Waals surface area contributed by atoms with Crippen molar-refractivity contribution in [2.45, 2.75) is 50.7 Å². The second-order valence-corrected chi connectivity index (χ2v) is 6.88. The van der Waals surface area contributed by atoms with Gasteiger partial charge in [0.2, 0.25) is 0 Å². The van der Waals surface area contributed by atoms with Gasteiger partial charge in [-0.2, -0.15) is 0 Å². The summed E-state index contributed by atoms with van der Waals surface area (Å²) in [5, 5.41) is 3.62. The van der Waals surface area contributed by atoms with Crippen LogP contribution >= 0.6 is 23.7 Å². The lowest BCUT2D eigenvalue weighted by molar-refractivity contribution is 0.0686. The smallest absolute Gasteiger partial charge is 0.263 e. The number of amides is 1. The summed E-state index contributed by atoms with van der Waals surface area (Å²) in [6.07, 6.45) is 4.79. The van der Waals surface area contributed by atoms with E-state index in [0.717, 1.165) is 17.7 Å². The van der Waals surface area contributed by atoms with Crippen LogP contribution in [0.4, 0.5) is 0 Å². The van der Waals surface area contributed by atoms with Crippen molar-refractivity contribution in [1.29, 1.82) is 0 Å². The standard InChI is InChI=1S/C14H20N2OS.ClH/c1-9-3-6-13(18-9)14(17)16(2)12-7-10-4-5-11(8-12)15-10;/h3,6,10-12,15H,4-5,7-8H2,1-2H3;1H. The van der Waals surface area contributed by atoms with E-state index in [1.54, 1.807) is 11.3 Å².